The second kappa shape index (κ2) is 5.75. The molecule has 100 valence electrons. The van der Waals surface area contributed by atoms with E-state index < -0.39 is 6.10 Å². The van der Waals surface area contributed by atoms with Crippen molar-refractivity contribution in [3.63, 3.8) is 0 Å². The van der Waals surface area contributed by atoms with E-state index in [1.54, 1.807) is 18.5 Å². The third kappa shape index (κ3) is 3.06. The van der Waals surface area contributed by atoms with Crippen LogP contribution in [0.15, 0.2) is 24.5 Å². The van der Waals surface area contributed by atoms with Gasteiger partial charge in [-0.1, -0.05) is 0 Å². The number of ether oxygens (including phenoxy) is 1. The Morgan fingerprint density at radius 2 is 2.00 bits per heavy atom. The van der Waals surface area contributed by atoms with Gasteiger partial charge in [0, 0.05) is 17.3 Å². The van der Waals surface area contributed by atoms with Crippen molar-refractivity contribution in [2.75, 3.05) is 6.61 Å². The van der Waals surface area contributed by atoms with Crippen LogP contribution in [0, 0.1) is 13.8 Å². The fourth-order valence-corrected chi connectivity index (χ4v) is 1.86. The van der Waals surface area contributed by atoms with Gasteiger partial charge in [-0.3, -0.25) is 4.98 Å². The molecular weight excluding hydrogens is 242 g/mol. The molecule has 19 heavy (non-hydrogen) atoms. The molecule has 5 nitrogen and oxygen atoms in total. The predicted octanol–water partition coefficient (Wildman–Crippen LogP) is 1.97. The minimum atomic E-state index is -0.776. The molecule has 0 saturated heterocycles. The van der Waals surface area contributed by atoms with Crippen molar-refractivity contribution in [1.29, 1.82) is 0 Å². The van der Waals surface area contributed by atoms with Crippen LogP contribution in [0.5, 0.6) is 5.75 Å². The Kier molecular flexibility index (Phi) is 4.06. The van der Waals surface area contributed by atoms with Gasteiger partial charge in [0.15, 0.2) is 0 Å². The summed E-state index contributed by atoms with van der Waals surface area (Å²) in [6.45, 7) is 6.14. The van der Waals surface area contributed by atoms with Crippen molar-refractivity contribution in [3.8, 4) is 5.75 Å². The summed E-state index contributed by atoms with van der Waals surface area (Å²) in [5.41, 5.74) is 2.90. The third-order valence-corrected chi connectivity index (χ3v) is 2.80. The number of aliphatic hydroxyl groups is 1. The molecule has 5 heteroatoms. The summed E-state index contributed by atoms with van der Waals surface area (Å²) in [6.07, 6.45) is 2.48. The minimum absolute atomic E-state index is 0.566. The van der Waals surface area contributed by atoms with Crippen LogP contribution in [0.1, 0.15) is 35.5 Å². The Morgan fingerprint density at radius 3 is 2.74 bits per heavy atom. The van der Waals surface area contributed by atoms with Gasteiger partial charge in [-0.25, -0.2) is 0 Å². The molecule has 0 amide bonds. The fraction of sp³-hybridized carbons (Fsp3) is 0.357. The maximum Gasteiger partial charge on any atom is 0.137 e. The molecule has 2 aromatic heterocycles. The number of rotatable bonds is 4. The normalized spacial score (nSPS) is 12.2. The molecule has 2 heterocycles. The molecule has 2 aromatic rings. The zero-order chi connectivity index (χ0) is 13.8. The van der Waals surface area contributed by atoms with Gasteiger partial charge >= 0.3 is 0 Å². The maximum atomic E-state index is 10.4. The summed E-state index contributed by atoms with van der Waals surface area (Å²) in [5.74, 6) is 0.649. The highest BCUT2D eigenvalue weighted by Crippen LogP contribution is 2.25. The van der Waals surface area contributed by atoms with Crippen molar-refractivity contribution >= 4 is 0 Å². The molecule has 1 N–H and O–H groups in total. The van der Waals surface area contributed by atoms with Gasteiger partial charge in [0.2, 0.25) is 0 Å². The first-order valence-corrected chi connectivity index (χ1v) is 6.18. The molecule has 1 atom stereocenters. The van der Waals surface area contributed by atoms with Crippen molar-refractivity contribution in [1.82, 2.24) is 15.2 Å². The van der Waals surface area contributed by atoms with E-state index in [0.717, 1.165) is 11.3 Å². The Balaban J connectivity index is 2.35. The first kappa shape index (κ1) is 13.4. The molecule has 0 aliphatic carbocycles. The SMILES string of the molecule is CCOc1cncc(C(O)c2cc(C)nnc2C)c1. The van der Waals surface area contributed by atoms with Crippen LogP contribution < -0.4 is 4.74 Å². The zero-order valence-corrected chi connectivity index (χ0v) is 11.3. The number of hydrogen-bond donors (Lipinski definition) is 1. The summed E-state index contributed by atoms with van der Waals surface area (Å²) in [5, 5.41) is 18.4. The van der Waals surface area contributed by atoms with Crippen molar-refractivity contribution in [2.45, 2.75) is 26.9 Å². The van der Waals surface area contributed by atoms with Gasteiger partial charge in [-0.05, 0) is 32.9 Å². The van der Waals surface area contributed by atoms with Gasteiger partial charge in [-0.2, -0.15) is 10.2 Å². The third-order valence-electron chi connectivity index (χ3n) is 2.80. The van der Waals surface area contributed by atoms with Gasteiger partial charge in [-0.15, -0.1) is 0 Å². The van der Waals surface area contributed by atoms with E-state index in [4.69, 9.17) is 4.74 Å². The molecule has 0 radical (unpaired) electrons. The van der Waals surface area contributed by atoms with Crippen molar-refractivity contribution in [2.24, 2.45) is 0 Å². The summed E-state index contributed by atoms with van der Waals surface area (Å²) in [4.78, 5) is 4.08. The number of aliphatic hydroxyl groups excluding tert-OH is 1. The second-order valence-corrected chi connectivity index (χ2v) is 4.32. The van der Waals surface area contributed by atoms with Crippen molar-refractivity contribution in [3.05, 3.63) is 47.0 Å². The van der Waals surface area contributed by atoms with E-state index in [2.05, 4.69) is 15.2 Å². The number of hydrogen-bond acceptors (Lipinski definition) is 5. The van der Waals surface area contributed by atoms with Gasteiger partial charge in [0.25, 0.3) is 0 Å². The molecule has 0 spiro atoms. The largest absolute Gasteiger partial charge is 0.492 e. The zero-order valence-electron chi connectivity index (χ0n) is 11.3. The molecule has 2 rings (SSSR count). The molecule has 0 fully saturated rings. The van der Waals surface area contributed by atoms with Crippen LogP contribution >= 0.6 is 0 Å². The molecule has 0 bridgehead atoms. The number of aromatic nitrogens is 3. The summed E-state index contributed by atoms with van der Waals surface area (Å²) in [7, 11) is 0. The van der Waals surface area contributed by atoms with Crippen LogP contribution in [-0.4, -0.2) is 26.9 Å². The maximum absolute atomic E-state index is 10.4. The van der Waals surface area contributed by atoms with E-state index in [9.17, 15) is 5.11 Å². The topological polar surface area (TPSA) is 68.1 Å². The lowest BCUT2D eigenvalue weighted by Crippen LogP contribution is -2.06. The number of pyridine rings is 1. The highest BCUT2D eigenvalue weighted by atomic mass is 16.5. The van der Waals surface area contributed by atoms with Gasteiger partial charge in [0.1, 0.15) is 11.9 Å². The van der Waals surface area contributed by atoms with Crippen LogP contribution in [0.2, 0.25) is 0 Å². The van der Waals surface area contributed by atoms with Crippen LogP contribution in [-0.2, 0) is 0 Å². The molecule has 0 aromatic carbocycles. The highest BCUT2D eigenvalue weighted by molar-refractivity contribution is 5.34. The van der Waals surface area contributed by atoms with Crippen molar-refractivity contribution < 1.29 is 9.84 Å². The quantitative estimate of drug-likeness (QED) is 0.909. The Labute approximate surface area is 112 Å². The van der Waals surface area contributed by atoms with Crippen LogP contribution in [0.4, 0.5) is 0 Å². The molecule has 0 aliphatic heterocycles. The average Bonchev–Trinajstić information content (AvgIpc) is 2.41. The van der Waals surface area contributed by atoms with E-state index in [1.807, 2.05) is 26.8 Å². The molecular formula is C14H17N3O2. The van der Waals surface area contributed by atoms with E-state index in [-0.39, 0.29) is 0 Å². The first-order valence-electron chi connectivity index (χ1n) is 6.18. The lowest BCUT2D eigenvalue weighted by atomic mass is 10.0. The monoisotopic (exact) mass is 259 g/mol. The molecule has 0 saturated carbocycles. The smallest absolute Gasteiger partial charge is 0.137 e. The van der Waals surface area contributed by atoms with Crippen LogP contribution in [0.25, 0.3) is 0 Å². The van der Waals surface area contributed by atoms with E-state index in [1.165, 1.54) is 0 Å². The summed E-state index contributed by atoms with van der Waals surface area (Å²) >= 11 is 0. The first-order chi connectivity index (χ1) is 9.11. The summed E-state index contributed by atoms with van der Waals surface area (Å²) < 4.78 is 5.38. The molecule has 1 unspecified atom stereocenters. The van der Waals surface area contributed by atoms with E-state index >= 15 is 0 Å². The van der Waals surface area contributed by atoms with Gasteiger partial charge < -0.3 is 9.84 Å². The second-order valence-electron chi connectivity index (χ2n) is 4.32. The predicted molar refractivity (Wildman–Crippen MR) is 71.0 cm³/mol. The Hall–Kier alpha value is -2.01. The van der Waals surface area contributed by atoms with E-state index in [0.29, 0.717) is 23.6 Å². The lowest BCUT2D eigenvalue weighted by molar-refractivity contribution is 0.217. The number of nitrogens with zero attached hydrogens (tertiary/aromatic N) is 3. The summed E-state index contributed by atoms with van der Waals surface area (Å²) in [6, 6.07) is 3.62. The lowest BCUT2D eigenvalue weighted by Gasteiger charge is -2.14. The van der Waals surface area contributed by atoms with Gasteiger partial charge in [0.05, 0.1) is 24.2 Å². The standard InChI is InChI=1S/C14H17N3O2/c1-4-19-12-6-11(7-15-8-12)14(18)13-5-9(2)16-17-10(13)3/h5-8,14,18H,4H2,1-3H3. The fourth-order valence-electron chi connectivity index (χ4n) is 1.86. The highest BCUT2D eigenvalue weighted by Gasteiger charge is 2.15. The number of aryl methyl sites for hydroxylation is 2. The minimum Gasteiger partial charge on any atom is -0.492 e. The average molecular weight is 259 g/mol. The molecule has 0 aliphatic rings. The Morgan fingerprint density at radius 1 is 1.21 bits per heavy atom. The Bertz CT molecular complexity index is 572. The van der Waals surface area contributed by atoms with Crippen LogP contribution in [0.3, 0.4) is 0 Å².